The Morgan fingerprint density at radius 2 is 2.20 bits per heavy atom. The lowest BCUT2D eigenvalue weighted by Gasteiger charge is -2.21. The van der Waals surface area contributed by atoms with Gasteiger partial charge < -0.3 is 10.2 Å². The predicted molar refractivity (Wildman–Crippen MR) is 83.5 cm³/mol. The third kappa shape index (κ3) is 4.40. The van der Waals surface area contributed by atoms with Gasteiger partial charge in [-0.2, -0.15) is 11.3 Å². The van der Waals surface area contributed by atoms with Crippen LogP contribution in [0.1, 0.15) is 23.6 Å². The van der Waals surface area contributed by atoms with Gasteiger partial charge in [-0.15, -0.1) is 0 Å². The van der Waals surface area contributed by atoms with E-state index in [0.29, 0.717) is 0 Å². The second-order valence-corrected chi connectivity index (χ2v) is 5.83. The van der Waals surface area contributed by atoms with Crippen molar-refractivity contribution >= 4 is 11.3 Å². The first-order chi connectivity index (χ1) is 9.69. The van der Waals surface area contributed by atoms with E-state index < -0.39 is 0 Å². The lowest BCUT2D eigenvalue weighted by molar-refractivity contribution is 0.304. The van der Waals surface area contributed by atoms with Crippen molar-refractivity contribution < 1.29 is 4.39 Å². The number of hydrogen-bond donors (Lipinski definition) is 1. The van der Waals surface area contributed by atoms with Crippen molar-refractivity contribution in [2.45, 2.75) is 19.0 Å². The molecule has 1 heterocycles. The second kappa shape index (κ2) is 7.53. The normalized spacial score (nSPS) is 12.8. The molecule has 0 saturated carbocycles. The van der Waals surface area contributed by atoms with E-state index in [2.05, 4.69) is 34.1 Å². The van der Waals surface area contributed by atoms with E-state index in [1.165, 1.54) is 11.6 Å². The Balaban J connectivity index is 1.87. The van der Waals surface area contributed by atoms with Gasteiger partial charge in [-0.1, -0.05) is 12.1 Å². The summed E-state index contributed by atoms with van der Waals surface area (Å²) in [5, 5.41) is 7.55. The molecule has 0 bridgehead atoms. The summed E-state index contributed by atoms with van der Waals surface area (Å²) in [5.41, 5.74) is 2.36. The molecule has 2 nitrogen and oxygen atoms in total. The molecule has 2 aromatic rings. The maximum Gasteiger partial charge on any atom is 0.123 e. The van der Waals surface area contributed by atoms with Crippen LogP contribution in [0.5, 0.6) is 0 Å². The highest BCUT2D eigenvalue weighted by Gasteiger charge is 2.11. The largest absolute Gasteiger partial charge is 0.313 e. The van der Waals surface area contributed by atoms with Gasteiger partial charge in [-0.25, -0.2) is 4.39 Å². The molecule has 4 heteroatoms. The minimum Gasteiger partial charge on any atom is -0.313 e. The molecular formula is C16H21FN2S. The van der Waals surface area contributed by atoms with Crippen LogP contribution in [0, 0.1) is 5.82 Å². The average Bonchev–Trinajstić information content (AvgIpc) is 2.92. The molecule has 0 aliphatic heterocycles. The third-order valence-electron chi connectivity index (χ3n) is 3.43. The average molecular weight is 292 g/mol. The molecule has 0 aliphatic carbocycles. The van der Waals surface area contributed by atoms with Gasteiger partial charge in [0.1, 0.15) is 5.82 Å². The first-order valence-electron chi connectivity index (χ1n) is 6.81. The van der Waals surface area contributed by atoms with E-state index in [4.69, 9.17) is 0 Å². The summed E-state index contributed by atoms with van der Waals surface area (Å²) in [4.78, 5) is 2.30. The summed E-state index contributed by atoms with van der Waals surface area (Å²) in [6, 6.07) is 9.19. The Bertz CT molecular complexity index is 513. The van der Waals surface area contributed by atoms with Gasteiger partial charge in [0.25, 0.3) is 0 Å². The van der Waals surface area contributed by atoms with Gasteiger partial charge in [0.05, 0.1) is 0 Å². The van der Waals surface area contributed by atoms with Crippen LogP contribution >= 0.6 is 11.3 Å². The molecular weight excluding hydrogens is 271 g/mol. The first-order valence-corrected chi connectivity index (χ1v) is 7.75. The van der Waals surface area contributed by atoms with Crippen LogP contribution in [-0.2, 0) is 6.54 Å². The summed E-state index contributed by atoms with van der Waals surface area (Å²) in [7, 11) is 4.05. The minimum absolute atomic E-state index is 0.172. The van der Waals surface area contributed by atoms with Crippen LogP contribution in [0.2, 0.25) is 0 Å². The molecule has 0 amide bonds. The number of nitrogens with zero attached hydrogens (tertiary/aromatic N) is 1. The summed E-state index contributed by atoms with van der Waals surface area (Å²) >= 11 is 1.73. The van der Waals surface area contributed by atoms with Crippen LogP contribution in [0.25, 0.3) is 0 Å². The molecule has 1 unspecified atom stereocenters. The van der Waals surface area contributed by atoms with Crippen LogP contribution in [0.15, 0.2) is 41.1 Å². The lowest BCUT2D eigenvalue weighted by Crippen LogP contribution is -2.25. The zero-order valence-electron chi connectivity index (χ0n) is 12.0. The fourth-order valence-electron chi connectivity index (χ4n) is 2.32. The van der Waals surface area contributed by atoms with Crippen molar-refractivity contribution in [1.29, 1.82) is 0 Å². The topological polar surface area (TPSA) is 15.3 Å². The van der Waals surface area contributed by atoms with Crippen LogP contribution < -0.4 is 5.32 Å². The molecule has 20 heavy (non-hydrogen) atoms. The molecule has 0 radical (unpaired) electrons. The van der Waals surface area contributed by atoms with E-state index in [-0.39, 0.29) is 11.9 Å². The SMILES string of the molecule is CNC(CCN(C)Cc1ccsc1)c1cccc(F)c1. The highest BCUT2D eigenvalue weighted by Crippen LogP contribution is 2.18. The van der Waals surface area contributed by atoms with Crippen LogP contribution in [0.4, 0.5) is 4.39 Å². The van der Waals surface area contributed by atoms with E-state index in [9.17, 15) is 4.39 Å². The molecule has 108 valence electrons. The fourth-order valence-corrected chi connectivity index (χ4v) is 2.98. The number of benzene rings is 1. The van der Waals surface area contributed by atoms with Gasteiger partial charge in [-0.3, -0.25) is 0 Å². The number of hydrogen-bond acceptors (Lipinski definition) is 3. The summed E-state index contributed by atoms with van der Waals surface area (Å²) in [5.74, 6) is -0.172. The Morgan fingerprint density at radius 1 is 1.35 bits per heavy atom. The zero-order chi connectivity index (χ0) is 14.4. The third-order valence-corrected chi connectivity index (χ3v) is 4.16. The predicted octanol–water partition coefficient (Wildman–Crippen LogP) is 3.67. The molecule has 0 spiro atoms. The van der Waals surface area contributed by atoms with Crippen molar-refractivity contribution in [2.24, 2.45) is 0 Å². The van der Waals surface area contributed by atoms with Crippen molar-refractivity contribution in [3.8, 4) is 0 Å². The van der Waals surface area contributed by atoms with Gasteiger partial charge in [-0.05, 0) is 67.1 Å². The number of halogens is 1. The van der Waals surface area contributed by atoms with E-state index >= 15 is 0 Å². The van der Waals surface area contributed by atoms with Gasteiger partial charge in [0.15, 0.2) is 0 Å². The fraction of sp³-hybridized carbons (Fsp3) is 0.375. The van der Waals surface area contributed by atoms with Crippen molar-refractivity contribution in [3.05, 3.63) is 58.0 Å². The van der Waals surface area contributed by atoms with Crippen molar-refractivity contribution in [2.75, 3.05) is 20.6 Å². The highest BCUT2D eigenvalue weighted by atomic mass is 32.1. The van der Waals surface area contributed by atoms with Gasteiger partial charge in [0.2, 0.25) is 0 Å². The summed E-state index contributed by atoms with van der Waals surface area (Å²) < 4.78 is 13.3. The molecule has 0 saturated heterocycles. The van der Waals surface area contributed by atoms with E-state index in [1.54, 1.807) is 23.5 Å². The Labute approximate surface area is 124 Å². The maximum absolute atomic E-state index is 13.3. The summed E-state index contributed by atoms with van der Waals surface area (Å²) in [6.07, 6.45) is 0.959. The molecule has 2 rings (SSSR count). The molecule has 1 atom stereocenters. The molecule has 0 aliphatic rings. The van der Waals surface area contributed by atoms with Gasteiger partial charge in [0, 0.05) is 12.6 Å². The smallest absolute Gasteiger partial charge is 0.123 e. The number of nitrogens with one attached hydrogen (secondary N) is 1. The number of rotatable bonds is 7. The molecule has 1 aromatic carbocycles. The molecule has 1 aromatic heterocycles. The van der Waals surface area contributed by atoms with E-state index in [1.807, 2.05) is 13.1 Å². The first kappa shape index (κ1) is 15.2. The van der Waals surface area contributed by atoms with Crippen molar-refractivity contribution in [3.63, 3.8) is 0 Å². The summed E-state index contributed by atoms with van der Waals surface area (Å²) in [6.45, 7) is 1.93. The van der Waals surface area contributed by atoms with Crippen LogP contribution in [-0.4, -0.2) is 25.5 Å². The second-order valence-electron chi connectivity index (χ2n) is 5.05. The van der Waals surface area contributed by atoms with E-state index in [0.717, 1.165) is 25.1 Å². The number of thiophene rings is 1. The van der Waals surface area contributed by atoms with Gasteiger partial charge >= 0.3 is 0 Å². The standard InChI is InChI=1S/C16H21FN2S/c1-18-16(14-4-3-5-15(17)10-14)6-8-19(2)11-13-7-9-20-12-13/h3-5,7,9-10,12,16,18H,6,8,11H2,1-2H3. The Kier molecular flexibility index (Phi) is 5.71. The molecule has 1 N–H and O–H groups in total. The molecule has 0 fully saturated rings. The monoisotopic (exact) mass is 292 g/mol. The Morgan fingerprint density at radius 3 is 2.85 bits per heavy atom. The quantitative estimate of drug-likeness (QED) is 0.837. The van der Waals surface area contributed by atoms with Crippen LogP contribution in [0.3, 0.4) is 0 Å². The maximum atomic E-state index is 13.3. The van der Waals surface area contributed by atoms with Crippen molar-refractivity contribution in [1.82, 2.24) is 10.2 Å². The minimum atomic E-state index is -0.172. The highest BCUT2D eigenvalue weighted by molar-refractivity contribution is 7.07. The zero-order valence-corrected chi connectivity index (χ0v) is 12.8. The Hall–Kier alpha value is -1.23. The lowest BCUT2D eigenvalue weighted by atomic mass is 10.0.